The summed E-state index contributed by atoms with van der Waals surface area (Å²) in [4.78, 5) is 0. The van der Waals surface area contributed by atoms with Crippen molar-refractivity contribution in [1.82, 2.24) is 5.32 Å². The molecule has 0 amide bonds. The summed E-state index contributed by atoms with van der Waals surface area (Å²) in [5, 5.41) is 3.71. The molecular weight excluding hydrogens is 351 g/mol. The van der Waals surface area contributed by atoms with E-state index in [9.17, 15) is 13.2 Å². The van der Waals surface area contributed by atoms with Crippen LogP contribution in [-0.2, 0) is 12.7 Å². The molecule has 0 saturated heterocycles. The summed E-state index contributed by atoms with van der Waals surface area (Å²) in [7, 11) is 0. The van der Waals surface area contributed by atoms with Gasteiger partial charge in [0.1, 0.15) is 11.5 Å². The van der Waals surface area contributed by atoms with E-state index in [0.717, 1.165) is 41.6 Å². The average molecular weight is 375 g/mol. The third-order valence-corrected chi connectivity index (χ3v) is 6.87. The van der Waals surface area contributed by atoms with Gasteiger partial charge >= 0.3 is 6.18 Å². The van der Waals surface area contributed by atoms with Crippen molar-refractivity contribution in [2.45, 2.75) is 50.9 Å². The van der Waals surface area contributed by atoms with Crippen molar-refractivity contribution in [2.24, 2.45) is 23.7 Å². The van der Waals surface area contributed by atoms with Gasteiger partial charge in [0.2, 0.25) is 0 Å². The Kier molecular flexibility index (Phi) is 4.12. The monoisotopic (exact) mass is 375 g/mol. The molecule has 0 atom stereocenters. The normalized spacial score (nSPS) is 32.2. The number of furan rings is 1. The summed E-state index contributed by atoms with van der Waals surface area (Å²) < 4.78 is 44.6. The summed E-state index contributed by atoms with van der Waals surface area (Å²) in [5.41, 5.74) is -0.185. The second-order valence-corrected chi connectivity index (χ2v) is 8.68. The second-order valence-electron chi connectivity index (χ2n) is 8.68. The van der Waals surface area contributed by atoms with Crippen LogP contribution in [0.3, 0.4) is 0 Å². The van der Waals surface area contributed by atoms with E-state index in [1.807, 2.05) is 6.07 Å². The number of alkyl halides is 3. The smallest absolute Gasteiger partial charge is 0.416 e. The van der Waals surface area contributed by atoms with Crippen molar-refractivity contribution >= 4 is 0 Å². The Balaban J connectivity index is 1.27. The zero-order chi connectivity index (χ0) is 18.6. The molecule has 0 spiro atoms. The van der Waals surface area contributed by atoms with E-state index in [-0.39, 0.29) is 0 Å². The molecule has 0 aliphatic heterocycles. The van der Waals surface area contributed by atoms with Crippen LogP contribution in [0.2, 0.25) is 0 Å². The van der Waals surface area contributed by atoms with Gasteiger partial charge in [-0.3, -0.25) is 0 Å². The first kappa shape index (κ1) is 17.4. The van der Waals surface area contributed by atoms with Crippen molar-refractivity contribution in [3.63, 3.8) is 0 Å². The molecule has 4 fully saturated rings. The standard InChI is InChI=1S/C22H24F3NO/c23-22(24,25)18-3-1-2-15(11-18)20-5-4-19(27-20)12-26-21-16-7-13-6-14(9-16)10-17(21)8-13/h1-5,11,13-14,16-17,21,26H,6-10,12H2. The molecule has 4 aliphatic carbocycles. The highest BCUT2D eigenvalue weighted by Crippen LogP contribution is 2.53. The first-order valence-corrected chi connectivity index (χ1v) is 9.95. The lowest BCUT2D eigenvalue weighted by Crippen LogP contribution is -2.54. The van der Waals surface area contributed by atoms with Gasteiger partial charge in [-0.1, -0.05) is 12.1 Å². The van der Waals surface area contributed by atoms with Crippen LogP contribution >= 0.6 is 0 Å². The molecule has 1 aromatic carbocycles. The molecule has 4 bridgehead atoms. The summed E-state index contributed by atoms with van der Waals surface area (Å²) in [6.45, 7) is 0.645. The highest BCUT2D eigenvalue weighted by molar-refractivity contribution is 5.58. The fraction of sp³-hybridized carbons (Fsp3) is 0.545. The molecule has 5 heteroatoms. The van der Waals surface area contributed by atoms with E-state index in [1.165, 1.54) is 38.2 Å². The third-order valence-electron chi connectivity index (χ3n) is 6.87. The Labute approximate surface area is 157 Å². The maximum absolute atomic E-state index is 12.9. The van der Waals surface area contributed by atoms with Crippen molar-refractivity contribution in [3.8, 4) is 11.3 Å². The van der Waals surface area contributed by atoms with Crippen molar-refractivity contribution in [1.29, 1.82) is 0 Å². The zero-order valence-corrected chi connectivity index (χ0v) is 15.1. The van der Waals surface area contributed by atoms with Crippen LogP contribution in [0.5, 0.6) is 0 Å². The molecule has 0 radical (unpaired) electrons. The van der Waals surface area contributed by atoms with E-state index in [2.05, 4.69) is 5.32 Å². The van der Waals surface area contributed by atoms with Crippen LogP contribution in [0.1, 0.15) is 43.4 Å². The number of nitrogens with one attached hydrogen (secondary N) is 1. The fourth-order valence-electron chi connectivity index (χ4n) is 5.95. The van der Waals surface area contributed by atoms with Crippen molar-refractivity contribution < 1.29 is 17.6 Å². The highest BCUT2D eigenvalue weighted by Gasteiger charge is 2.47. The Bertz CT molecular complexity index is 797. The molecule has 1 N–H and O–H groups in total. The lowest BCUT2D eigenvalue weighted by molar-refractivity contribution is -0.137. The average Bonchev–Trinajstić information content (AvgIpc) is 3.09. The Hall–Kier alpha value is -1.75. The summed E-state index contributed by atoms with van der Waals surface area (Å²) in [5.74, 6) is 4.75. The highest BCUT2D eigenvalue weighted by atomic mass is 19.4. The van der Waals surface area contributed by atoms with Gasteiger partial charge in [-0.05, 0) is 80.0 Å². The van der Waals surface area contributed by atoms with E-state index in [4.69, 9.17) is 4.42 Å². The first-order valence-electron chi connectivity index (χ1n) is 9.95. The van der Waals surface area contributed by atoms with E-state index < -0.39 is 11.7 Å². The quantitative estimate of drug-likeness (QED) is 0.722. The van der Waals surface area contributed by atoms with Gasteiger partial charge < -0.3 is 9.73 Å². The van der Waals surface area contributed by atoms with E-state index >= 15 is 0 Å². The minimum Gasteiger partial charge on any atom is -0.460 e. The van der Waals surface area contributed by atoms with Gasteiger partial charge in [0.25, 0.3) is 0 Å². The predicted octanol–water partition coefficient (Wildman–Crippen LogP) is 5.88. The molecule has 2 aromatic rings. The minimum absolute atomic E-state index is 0.464. The topological polar surface area (TPSA) is 25.2 Å². The van der Waals surface area contributed by atoms with Gasteiger partial charge in [-0.15, -0.1) is 0 Å². The van der Waals surface area contributed by atoms with Crippen LogP contribution in [0.15, 0.2) is 40.8 Å². The third kappa shape index (κ3) is 3.31. The van der Waals surface area contributed by atoms with Gasteiger partial charge in [0.05, 0.1) is 12.1 Å². The molecule has 1 heterocycles. The SMILES string of the molecule is FC(F)(F)c1cccc(-c2ccc(CNC3C4CC5CC(C4)CC3C5)o2)c1. The molecule has 144 valence electrons. The van der Waals surface area contributed by atoms with E-state index in [0.29, 0.717) is 23.9 Å². The number of hydrogen-bond acceptors (Lipinski definition) is 2. The molecule has 4 saturated carbocycles. The summed E-state index contributed by atoms with van der Waals surface area (Å²) in [6, 6.07) is 9.52. The fourth-order valence-corrected chi connectivity index (χ4v) is 5.95. The molecule has 0 unspecified atom stereocenters. The van der Waals surface area contributed by atoms with Crippen molar-refractivity contribution in [3.05, 3.63) is 47.7 Å². The summed E-state index contributed by atoms with van der Waals surface area (Å²) >= 11 is 0. The predicted molar refractivity (Wildman–Crippen MR) is 96.8 cm³/mol. The van der Waals surface area contributed by atoms with Crippen LogP contribution < -0.4 is 5.32 Å². The number of hydrogen-bond donors (Lipinski definition) is 1. The van der Waals surface area contributed by atoms with Gasteiger partial charge in [-0.25, -0.2) is 0 Å². The number of halogens is 3. The minimum atomic E-state index is -4.34. The van der Waals surface area contributed by atoms with Crippen molar-refractivity contribution in [2.75, 3.05) is 0 Å². The molecular formula is C22H24F3NO. The Morgan fingerprint density at radius 2 is 1.63 bits per heavy atom. The summed E-state index contributed by atoms with van der Waals surface area (Å²) in [6.07, 6.45) is 2.54. The van der Waals surface area contributed by atoms with Gasteiger partial charge in [0, 0.05) is 11.6 Å². The lowest BCUT2D eigenvalue weighted by Gasteiger charge is -2.54. The van der Waals surface area contributed by atoms with Gasteiger partial charge in [-0.2, -0.15) is 13.2 Å². The number of benzene rings is 1. The maximum Gasteiger partial charge on any atom is 0.416 e. The first-order chi connectivity index (χ1) is 13.0. The Morgan fingerprint density at radius 1 is 0.926 bits per heavy atom. The molecule has 1 aromatic heterocycles. The van der Waals surface area contributed by atoms with E-state index in [1.54, 1.807) is 12.1 Å². The molecule has 4 aliphatic rings. The molecule has 27 heavy (non-hydrogen) atoms. The van der Waals surface area contributed by atoms with Crippen LogP contribution in [-0.4, -0.2) is 6.04 Å². The van der Waals surface area contributed by atoms with Crippen LogP contribution in [0.25, 0.3) is 11.3 Å². The van der Waals surface area contributed by atoms with Crippen LogP contribution in [0, 0.1) is 23.7 Å². The lowest BCUT2D eigenvalue weighted by atomic mass is 9.54. The van der Waals surface area contributed by atoms with Crippen LogP contribution in [0.4, 0.5) is 13.2 Å². The van der Waals surface area contributed by atoms with Gasteiger partial charge in [0.15, 0.2) is 0 Å². The molecule has 2 nitrogen and oxygen atoms in total. The Morgan fingerprint density at radius 3 is 2.30 bits per heavy atom. The number of rotatable bonds is 4. The molecule has 6 rings (SSSR count). The maximum atomic E-state index is 12.9. The second kappa shape index (κ2) is 6.40. The largest absolute Gasteiger partial charge is 0.460 e. The zero-order valence-electron chi connectivity index (χ0n) is 15.1.